The lowest BCUT2D eigenvalue weighted by Gasteiger charge is -2.30. The molecule has 32 heavy (non-hydrogen) atoms. The minimum absolute atomic E-state index is 0.113. The van der Waals surface area contributed by atoms with Crippen LogP contribution in [0.2, 0.25) is 0 Å². The van der Waals surface area contributed by atoms with Crippen LogP contribution in [0.5, 0.6) is 0 Å². The van der Waals surface area contributed by atoms with Crippen LogP contribution < -0.4 is 15.5 Å². The molecule has 2 atom stereocenters. The Balaban J connectivity index is 3.19. The van der Waals surface area contributed by atoms with Crippen molar-refractivity contribution in [2.45, 2.75) is 65.6 Å². The normalized spacial score (nSPS) is 13.3. The topological polar surface area (TPSA) is 120 Å². The van der Waals surface area contributed by atoms with Crippen LogP contribution in [0, 0.1) is 16.7 Å². The molecule has 176 valence electrons. The largest absolute Gasteiger partial charge is 0.444 e. The number of hydrogen-bond donors (Lipinski definition) is 2. The summed E-state index contributed by atoms with van der Waals surface area (Å²) < 4.78 is 11.2. The van der Waals surface area contributed by atoms with Crippen LogP contribution in [0.25, 0.3) is 0 Å². The highest BCUT2D eigenvalue weighted by Gasteiger charge is 2.35. The first-order valence-corrected chi connectivity index (χ1v) is 10.4. The van der Waals surface area contributed by atoms with Gasteiger partial charge in [-0.15, -0.1) is 13.2 Å². The van der Waals surface area contributed by atoms with Crippen molar-refractivity contribution in [2.24, 2.45) is 5.41 Å². The number of alkyl carbamates (subject to hydrolysis) is 1. The molecule has 0 unspecified atom stereocenters. The van der Waals surface area contributed by atoms with Gasteiger partial charge in [-0.1, -0.05) is 32.9 Å². The second-order valence-corrected chi connectivity index (χ2v) is 9.52. The lowest BCUT2D eigenvalue weighted by molar-refractivity contribution is -0.125. The predicted molar refractivity (Wildman–Crippen MR) is 123 cm³/mol. The van der Waals surface area contributed by atoms with Gasteiger partial charge in [-0.25, -0.2) is 4.79 Å². The maximum Gasteiger partial charge on any atom is 0.408 e. The second-order valence-electron chi connectivity index (χ2n) is 9.52. The Bertz CT molecular complexity index is 870. The quantitative estimate of drug-likeness (QED) is 0.554. The van der Waals surface area contributed by atoms with Gasteiger partial charge in [0, 0.05) is 13.6 Å². The molecule has 0 radical (unpaired) electrons. The van der Waals surface area contributed by atoms with E-state index in [1.54, 1.807) is 38.8 Å². The zero-order valence-corrected chi connectivity index (χ0v) is 20.1. The summed E-state index contributed by atoms with van der Waals surface area (Å²) in [6.07, 6.45) is 2.71. The van der Waals surface area contributed by atoms with Crippen molar-refractivity contribution in [3.05, 3.63) is 36.9 Å². The number of nitrogens with zero attached hydrogens (tertiary/aromatic N) is 3. The van der Waals surface area contributed by atoms with Crippen molar-refractivity contribution in [3.63, 3.8) is 0 Å². The molecule has 1 heterocycles. The summed E-state index contributed by atoms with van der Waals surface area (Å²) in [5, 5.41) is 15.0. The third kappa shape index (κ3) is 7.76. The Morgan fingerprint density at radius 2 is 1.84 bits per heavy atom. The smallest absolute Gasteiger partial charge is 0.408 e. The minimum Gasteiger partial charge on any atom is -0.444 e. The molecule has 0 saturated heterocycles. The SMILES string of the molecule is C=CC[C@H](NC(=O)OC(C)(C)C)C(=O)N[C@H](c1nc(C#N)c(N(C)CC=C)o1)C(C)(C)C. The molecule has 9 nitrogen and oxygen atoms in total. The Hall–Kier alpha value is -3.28. The maximum atomic E-state index is 13.1. The minimum atomic E-state index is -0.902. The summed E-state index contributed by atoms with van der Waals surface area (Å²) in [5.41, 5.74) is -1.10. The van der Waals surface area contributed by atoms with E-state index in [4.69, 9.17) is 9.15 Å². The predicted octanol–water partition coefficient (Wildman–Crippen LogP) is 3.84. The van der Waals surface area contributed by atoms with Crippen LogP contribution in [-0.4, -0.2) is 42.2 Å². The third-order valence-corrected chi connectivity index (χ3v) is 4.29. The van der Waals surface area contributed by atoms with Crippen LogP contribution in [0.3, 0.4) is 0 Å². The average Bonchev–Trinajstić information content (AvgIpc) is 3.07. The monoisotopic (exact) mass is 445 g/mol. The summed E-state index contributed by atoms with van der Waals surface area (Å²) in [5.74, 6) is 0.0386. The summed E-state index contributed by atoms with van der Waals surface area (Å²) in [7, 11) is 1.75. The van der Waals surface area contributed by atoms with Gasteiger partial charge in [0.1, 0.15) is 23.8 Å². The van der Waals surface area contributed by atoms with Crippen LogP contribution in [-0.2, 0) is 9.53 Å². The highest BCUT2D eigenvalue weighted by molar-refractivity contribution is 5.86. The molecule has 0 fully saturated rings. The standard InChI is InChI=1S/C23H35N5O4/c1-10-12-15(26-21(30)32-23(6,7)8)18(29)27-17(22(3,4)5)19-25-16(14-24)20(31-19)28(9)13-11-2/h10-11,15,17H,1-2,12-13H2,3-9H3,(H,26,30)(H,27,29)/t15-,17+/m0/s1. The number of nitriles is 1. The van der Waals surface area contributed by atoms with E-state index in [0.29, 0.717) is 12.4 Å². The van der Waals surface area contributed by atoms with Crippen molar-refractivity contribution >= 4 is 17.9 Å². The zero-order chi connectivity index (χ0) is 24.7. The molecule has 1 aromatic heterocycles. The summed E-state index contributed by atoms with van der Waals surface area (Å²) in [6, 6.07) is 0.457. The molecule has 1 rings (SSSR count). The number of anilines is 1. The fraction of sp³-hybridized carbons (Fsp3) is 0.565. The molecule has 0 aliphatic rings. The van der Waals surface area contributed by atoms with Crippen LogP contribution in [0.15, 0.2) is 29.7 Å². The number of oxazole rings is 1. The van der Waals surface area contributed by atoms with E-state index in [9.17, 15) is 14.9 Å². The molecule has 1 aromatic rings. The number of carbonyl (C=O) groups excluding carboxylic acids is 2. The summed E-state index contributed by atoms with van der Waals surface area (Å²) >= 11 is 0. The Kier molecular flexibility index (Phi) is 9.07. The van der Waals surface area contributed by atoms with E-state index in [2.05, 4.69) is 28.8 Å². The highest BCUT2D eigenvalue weighted by Crippen LogP contribution is 2.35. The van der Waals surface area contributed by atoms with Crippen LogP contribution >= 0.6 is 0 Å². The van der Waals surface area contributed by atoms with Gasteiger partial charge in [-0.2, -0.15) is 10.2 Å². The molecular weight excluding hydrogens is 410 g/mol. The molecular formula is C23H35N5O4. The van der Waals surface area contributed by atoms with E-state index in [-0.39, 0.29) is 18.0 Å². The van der Waals surface area contributed by atoms with Crippen molar-refractivity contribution in [1.29, 1.82) is 5.26 Å². The molecule has 0 saturated carbocycles. The molecule has 0 aliphatic carbocycles. The number of carbonyl (C=O) groups is 2. The first-order valence-electron chi connectivity index (χ1n) is 10.4. The van der Waals surface area contributed by atoms with Gasteiger partial charge >= 0.3 is 6.09 Å². The number of rotatable bonds is 9. The van der Waals surface area contributed by atoms with Gasteiger partial charge in [0.15, 0.2) is 0 Å². The Morgan fingerprint density at radius 1 is 1.22 bits per heavy atom. The molecule has 2 N–H and O–H groups in total. The van der Waals surface area contributed by atoms with E-state index in [1.807, 2.05) is 26.8 Å². The molecule has 0 spiro atoms. The van der Waals surface area contributed by atoms with E-state index in [0.717, 1.165) is 0 Å². The number of aromatic nitrogens is 1. The molecule has 0 bridgehead atoms. The van der Waals surface area contributed by atoms with Gasteiger partial charge in [-0.05, 0) is 32.6 Å². The van der Waals surface area contributed by atoms with Gasteiger partial charge < -0.3 is 24.7 Å². The average molecular weight is 446 g/mol. The number of amides is 2. The molecule has 2 amide bonds. The number of nitrogens with one attached hydrogen (secondary N) is 2. The zero-order valence-electron chi connectivity index (χ0n) is 20.1. The first-order chi connectivity index (χ1) is 14.7. The van der Waals surface area contributed by atoms with Gasteiger partial charge in [0.2, 0.25) is 23.4 Å². The first kappa shape index (κ1) is 26.8. The number of ether oxygens (including phenoxy) is 1. The fourth-order valence-electron chi connectivity index (χ4n) is 2.80. The lowest BCUT2D eigenvalue weighted by atomic mass is 9.86. The second kappa shape index (κ2) is 10.8. The number of likely N-dealkylation sites (N-methyl/N-ethyl adjacent to an activating group) is 1. The van der Waals surface area contributed by atoms with Gasteiger partial charge in [0.25, 0.3) is 0 Å². The molecule has 0 aromatic carbocycles. The van der Waals surface area contributed by atoms with Gasteiger partial charge in [-0.3, -0.25) is 4.79 Å². The summed E-state index contributed by atoms with van der Waals surface area (Å²) in [6.45, 7) is 18.7. The van der Waals surface area contributed by atoms with Crippen molar-refractivity contribution in [2.75, 3.05) is 18.5 Å². The lowest BCUT2D eigenvalue weighted by Crippen LogP contribution is -2.50. The van der Waals surface area contributed by atoms with E-state index in [1.165, 1.54) is 6.08 Å². The Labute approximate surface area is 190 Å². The molecule has 0 aliphatic heterocycles. The van der Waals surface area contributed by atoms with Crippen molar-refractivity contribution in [1.82, 2.24) is 15.6 Å². The molecule has 9 heteroatoms. The van der Waals surface area contributed by atoms with Crippen LogP contribution in [0.4, 0.5) is 10.7 Å². The van der Waals surface area contributed by atoms with Crippen molar-refractivity contribution in [3.8, 4) is 6.07 Å². The van der Waals surface area contributed by atoms with Crippen molar-refractivity contribution < 1.29 is 18.7 Å². The van der Waals surface area contributed by atoms with Crippen LogP contribution in [0.1, 0.15) is 65.6 Å². The van der Waals surface area contributed by atoms with E-state index >= 15 is 0 Å². The van der Waals surface area contributed by atoms with Gasteiger partial charge in [0.05, 0.1) is 0 Å². The Morgan fingerprint density at radius 3 is 2.31 bits per heavy atom. The summed E-state index contributed by atoms with van der Waals surface area (Å²) in [4.78, 5) is 31.3. The number of hydrogen-bond acceptors (Lipinski definition) is 7. The highest BCUT2D eigenvalue weighted by atomic mass is 16.6. The third-order valence-electron chi connectivity index (χ3n) is 4.29. The maximum absolute atomic E-state index is 13.1. The fourth-order valence-corrected chi connectivity index (χ4v) is 2.80. The van der Waals surface area contributed by atoms with E-state index < -0.39 is 35.1 Å².